The van der Waals surface area contributed by atoms with E-state index in [-0.39, 0.29) is 10.6 Å². The lowest BCUT2D eigenvalue weighted by atomic mass is 10.3. The van der Waals surface area contributed by atoms with Crippen LogP contribution in [0.15, 0.2) is 41.4 Å². The molecule has 0 unspecified atom stereocenters. The molecular weight excluding hydrogens is 340 g/mol. The number of aliphatic hydroxyl groups is 1. The number of hydrogen-bond donors (Lipinski definition) is 2. The number of rotatable bonds is 4. The molecule has 0 radical (unpaired) electrons. The summed E-state index contributed by atoms with van der Waals surface area (Å²) >= 11 is 0. The molecule has 1 aliphatic heterocycles. The van der Waals surface area contributed by atoms with Gasteiger partial charge >= 0.3 is 0 Å². The number of benzene rings is 1. The highest BCUT2D eigenvalue weighted by Gasteiger charge is 2.22. The fourth-order valence-corrected chi connectivity index (χ4v) is 3.44. The zero-order valence-corrected chi connectivity index (χ0v) is 13.3. The van der Waals surface area contributed by atoms with Gasteiger partial charge in [-0.05, 0) is 30.7 Å². The molecule has 1 atom stereocenters. The molecule has 6 nitrogen and oxygen atoms in total. The average molecular weight is 355 g/mol. The van der Waals surface area contributed by atoms with Crippen LogP contribution < -0.4 is 9.62 Å². The van der Waals surface area contributed by atoms with Crippen LogP contribution in [0.2, 0.25) is 0 Å². The molecule has 1 fully saturated rings. The zero-order valence-electron chi connectivity index (χ0n) is 12.5. The Balaban J connectivity index is 1.78. The van der Waals surface area contributed by atoms with Gasteiger partial charge < -0.3 is 10.0 Å². The number of hydrogen-bond acceptors (Lipinski definition) is 5. The number of aromatic nitrogens is 1. The van der Waals surface area contributed by atoms with Gasteiger partial charge in [-0.1, -0.05) is 0 Å². The number of pyridine rings is 1. The molecule has 128 valence electrons. The SMILES string of the molecule is O=S(=O)(Nc1ccc(F)c(F)c1)c1ccc(N2CC[C@H](O)C2)nc1. The molecule has 0 saturated carbocycles. The van der Waals surface area contributed by atoms with Crippen molar-refractivity contribution in [3.8, 4) is 0 Å². The van der Waals surface area contributed by atoms with E-state index in [2.05, 4.69) is 9.71 Å². The lowest BCUT2D eigenvalue weighted by molar-refractivity contribution is 0.198. The number of nitrogens with one attached hydrogen (secondary N) is 1. The third kappa shape index (κ3) is 3.46. The maximum atomic E-state index is 13.2. The van der Waals surface area contributed by atoms with Crippen LogP contribution >= 0.6 is 0 Å². The molecule has 24 heavy (non-hydrogen) atoms. The molecule has 2 heterocycles. The summed E-state index contributed by atoms with van der Waals surface area (Å²) in [5.41, 5.74) is -0.0827. The van der Waals surface area contributed by atoms with Crippen LogP contribution in [-0.4, -0.2) is 37.7 Å². The summed E-state index contributed by atoms with van der Waals surface area (Å²) in [5.74, 6) is -1.63. The van der Waals surface area contributed by atoms with E-state index in [0.29, 0.717) is 25.3 Å². The van der Waals surface area contributed by atoms with E-state index >= 15 is 0 Å². The quantitative estimate of drug-likeness (QED) is 0.873. The largest absolute Gasteiger partial charge is 0.391 e. The minimum atomic E-state index is -3.96. The number of anilines is 2. The first-order valence-electron chi connectivity index (χ1n) is 7.22. The Morgan fingerprint density at radius 3 is 2.58 bits per heavy atom. The monoisotopic (exact) mass is 355 g/mol. The topological polar surface area (TPSA) is 82.5 Å². The third-order valence-corrected chi connectivity index (χ3v) is 5.06. The smallest absolute Gasteiger partial charge is 0.263 e. The molecular formula is C15H15F2N3O3S. The summed E-state index contributed by atoms with van der Waals surface area (Å²) in [7, 11) is -3.96. The van der Waals surface area contributed by atoms with Gasteiger partial charge in [-0.2, -0.15) is 0 Å². The van der Waals surface area contributed by atoms with Gasteiger partial charge in [0.15, 0.2) is 11.6 Å². The maximum Gasteiger partial charge on any atom is 0.263 e. The first-order chi connectivity index (χ1) is 11.3. The Bertz CT molecular complexity index is 844. The van der Waals surface area contributed by atoms with Crippen LogP contribution in [0.25, 0.3) is 0 Å². The Kier molecular flexibility index (Phi) is 4.37. The van der Waals surface area contributed by atoms with Crippen molar-refractivity contribution in [1.82, 2.24) is 4.98 Å². The lowest BCUT2D eigenvalue weighted by Crippen LogP contribution is -2.22. The highest BCUT2D eigenvalue weighted by atomic mass is 32.2. The van der Waals surface area contributed by atoms with Crippen molar-refractivity contribution >= 4 is 21.5 Å². The molecule has 2 aromatic rings. The first-order valence-corrected chi connectivity index (χ1v) is 8.70. The van der Waals surface area contributed by atoms with Crippen molar-refractivity contribution in [3.05, 3.63) is 48.2 Å². The number of aliphatic hydroxyl groups excluding tert-OH is 1. The summed E-state index contributed by atoms with van der Waals surface area (Å²) in [6.07, 6.45) is 1.41. The van der Waals surface area contributed by atoms with E-state index < -0.39 is 27.8 Å². The van der Waals surface area contributed by atoms with Gasteiger partial charge in [0.05, 0.1) is 11.8 Å². The predicted molar refractivity (Wildman–Crippen MR) is 84.2 cm³/mol. The van der Waals surface area contributed by atoms with Gasteiger partial charge in [0.1, 0.15) is 10.7 Å². The van der Waals surface area contributed by atoms with Crippen LogP contribution in [0.3, 0.4) is 0 Å². The molecule has 1 aromatic carbocycles. The second-order valence-electron chi connectivity index (χ2n) is 5.48. The molecule has 9 heteroatoms. The Hall–Kier alpha value is -2.26. The van der Waals surface area contributed by atoms with Crippen LogP contribution in [0, 0.1) is 11.6 Å². The summed E-state index contributed by atoms with van der Waals surface area (Å²) < 4.78 is 52.7. The lowest BCUT2D eigenvalue weighted by Gasteiger charge is -2.16. The standard InChI is InChI=1S/C15H15F2N3O3S/c16-13-3-1-10(7-14(13)17)19-24(22,23)12-2-4-15(18-8-12)20-6-5-11(21)9-20/h1-4,7-8,11,19,21H,5-6,9H2/t11-/m0/s1. The molecule has 1 aliphatic rings. The molecule has 0 aliphatic carbocycles. The molecule has 0 bridgehead atoms. The zero-order chi connectivity index (χ0) is 17.3. The molecule has 1 saturated heterocycles. The second-order valence-corrected chi connectivity index (χ2v) is 7.16. The maximum absolute atomic E-state index is 13.2. The normalized spacial score (nSPS) is 18.0. The van der Waals surface area contributed by atoms with Gasteiger partial charge in [-0.3, -0.25) is 4.72 Å². The summed E-state index contributed by atoms with van der Waals surface area (Å²) in [6.45, 7) is 1.10. The molecule has 3 rings (SSSR count). The predicted octanol–water partition coefficient (Wildman–Crippen LogP) is 1.73. The Morgan fingerprint density at radius 2 is 2.00 bits per heavy atom. The van der Waals surface area contributed by atoms with E-state index in [4.69, 9.17) is 0 Å². The van der Waals surface area contributed by atoms with Gasteiger partial charge in [-0.15, -0.1) is 0 Å². The van der Waals surface area contributed by atoms with Crippen LogP contribution in [0.1, 0.15) is 6.42 Å². The summed E-state index contributed by atoms with van der Waals surface area (Å²) in [4.78, 5) is 5.85. The van der Waals surface area contributed by atoms with Crippen molar-refractivity contribution in [2.24, 2.45) is 0 Å². The van der Waals surface area contributed by atoms with Gasteiger partial charge in [0, 0.05) is 25.4 Å². The van der Waals surface area contributed by atoms with Crippen LogP contribution in [0.4, 0.5) is 20.3 Å². The second kappa shape index (κ2) is 6.33. The molecule has 2 N–H and O–H groups in total. The van der Waals surface area contributed by atoms with E-state index in [1.807, 2.05) is 4.90 Å². The number of β-amino-alcohol motifs (C(OH)–C–C–N with tert-alkyl or cyclic N) is 1. The molecule has 0 spiro atoms. The van der Waals surface area contributed by atoms with Gasteiger partial charge in [0.2, 0.25) is 0 Å². The van der Waals surface area contributed by atoms with E-state index in [1.165, 1.54) is 18.3 Å². The van der Waals surface area contributed by atoms with Crippen molar-refractivity contribution in [2.75, 3.05) is 22.7 Å². The fraction of sp³-hybridized carbons (Fsp3) is 0.267. The highest BCUT2D eigenvalue weighted by molar-refractivity contribution is 7.92. The minimum Gasteiger partial charge on any atom is -0.391 e. The fourth-order valence-electron chi connectivity index (χ4n) is 2.44. The van der Waals surface area contributed by atoms with Gasteiger partial charge in [-0.25, -0.2) is 22.2 Å². The van der Waals surface area contributed by atoms with Crippen molar-refractivity contribution in [3.63, 3.8) is 0 Å². The minimum absolute atomic E-state index is 0.0827. The third-order valence-electron chi connectivity index (χ3n) is 3.69. The summed E-state index contributed by atoms with van der Waals surface area (Å²) in [6, 6.07) is 5.64. The van der Waals surface area contributed by atoms with Gasteiger partial charge in [0.25, 0.3) is 10.0 Å². The highest BCUT2D eigenvalue weighted by Crippen LogP contribution is 2.21. The Labute approximate surface area is 137 Å². The molecule has 0 amide bonds. The van der Waals surface area contributed by atoms with Crippen LogP contribution in [-0.2, 0) is 10.0 Å². The van der Waals surface area contributed by atoms with E-state index in [1.54, 1.807) is 0 Å². The number of nitrogens with zero attached hydrogens (tertiary/aromatic N) is 2. The van der Waals surface area contributed by atoms with E-state index in [9.17, 15) is 22.3 Å². The summed E-state index contributed by atoms with van der Waals surface area (Å²) in [5, 5.41) is 9.52. The van der Waals surface area contributed by atoms with Crippen molar-refractivity contribution in [2.45, 2.75) is 17.4 Å². The van der Waals surface area contributed by atoms with Crippen molar-refractivity contribution in [1.29, 1.82) is 0 Å². The van der Waals surface area contributed by atoms with Crippen LogP contribution in [0.5, 0.6) is 0 Å². The van der Waals surface area contributed by atoms with Crippen molar-refractivity contribution < 1.29 is 22.3 Å². The van der Waals surface area contributed by atoms with E-state index in [0.717, 1.165) is 18.2 Å². The average Bonchev–Trinajstić information content (AvgIpc) is 2.97. The molecule has 1 aromatic heterocycles. The first kappa shape index (κ1) is 16.6. The Morgan fingerprint density at radius 1 is 1.21 bits per heavy atom. The number of halogens is 2. The number of sulfonamides is 1.